The van der Waals surface area contributed by atoms with E-state index >= 15 is 0 Å². The first-order chi connectivity index (χ1) is 6.59. The van der Waals surface area contributed by atoms with Gasteiger partial charge in [-0.2, -0.15) is 0 Å². The summed E-state index contributed by atoms with van der Waals surface area (Å²) in [6.45, 7) is 3.44. The number of amides is 1. The molecule has 1 radical (unpaired) electrons. The summed E-state index contributed by atoms with van der Waals surface area (Å²) in [5.74, 6) is -0.0189. The quantitative estimate of drug-likeness (QED) is 0.726. The van der Waals surface area contributed by atoms with Crippen LogP contribution in [0.25, 0.3) is 0 Å². The Kier molecular flexibility index (Phi) is 3.48. The number of aliphatic hydroxyl groups excluding tert-OH is 1. The molecule has 0 heterocycles. The molecule has 1 amide bonds. The molecule has 4 nitrogen and oxygen atoms in total. The second-order valence-electron chi connectivity index (χ2n) is 2.86. The second-order valence-corrected chi connectivity index (χ2v) is 2.86. The number of ether oxygens (including phenoxy) is 1. The molecule has 0 spiro atoms. The summed E-state index contributed by atoms with van der Waals surface area (Å²) in [4.78, 5) is 10.8. The molecular weight excluding hydrogens is 182 g/mol. The fourth-order valence-corrected chi connectivity index (χ4v) is 0.932. The Bertz CT molecular complexity index is 323. The maximum atomic E-state index is 10.8. The van der Waals surface area contributed by atoms with Gasteiger partial charge in [0.2, 0.25) is 5.91 Å². The van der Waals surface area contributed by atoms with Crippen molar-refractivity contribution in [3.8, 4) is 5.75 Å². The van der Waals surface area contributed by atoms with Gasteiger partial charge in [-0.1, -0.05) is 6.07 Å². The zero-order valence-electron chi connectivity index (χ0n) is 7.64. The van der Waals surface area contributed by atoms with E-state index in [9.17, 15) is 4.79 Å². The fraction of sp³-hybridized carbons (Fsp3) is 0.200. The van der Waals surface area contributed by atoms with Crippen molar-refractivity contribution < 1.29 is 14.6 Å². The standard InChI is InChI=1S/C10H12NO3/c1-7(12)6-14-9-4-2-3-8(5-9)10(11)13/h2-5,7,12H,1,6H2,(H2,11,13). The largest absolute Gasteiger partial charge is 0.491 e. The van der Waals surface area contributed by atoms with Crippen molar-refractivity contribution in [3.63, 3.8) is 0 Å². The first-order valence-electron chi connectivity index (χ1n) is 4.13. The minimum atomic E-state index is -0.785. The zero-order valence-corrected chi connectivity index (χ0v) is 7.64. The minimum Gasteiger partial charge on any atom is -0.491 e. The average Bonchev–Trinajstić information content (AvgIpc) is 2.15. The lowest BCUT2D eigenvalue weighted by Gasteiger charge is -2.08. The van der Waals surface area contributed by atoms with Crippen LogP contribution in [-0.2, 0) is 0 Å². The van der Waals surface area contributed by atoms with Gasteiger partial charge in [0.15, 0.2) is 0 Å². The predicted molar refractivity (Wildman–Crippen MR) is 51.8 cm³/mol. The number of hydrogen-bond donors (Lipinski definition) is 2. The first kappa shape index (κ1) is 10.5. The average molecular weight is 194 g/mol. The van der Waals surface area contributed by atoms with Crippen LogP contribution in [-0.4, -0.2) is 23.7 Å². The molecule has 1 unspecified atom stereocenters. The van der Waals surface area contributed by atoms with Crippen LogP contribution in [0, 0.1) is 6.92 Å². The van der Waals surface area contributed by atoms with Gasteiger partial charge < -0.3 is 15.6 Å². The molecule has 0 aromatic heterocycles. The van der Waals surface area contributed by atoms with Gasteiger partial charge in [0.05, 0.1) is 6.10 Å². The Morgan fingerprint density at radius 1 is 1.64 bits per heavy atom. The Morgan fingerprint density at radius 2 is 2.36 bits per heavy atom. The van der Waals surface area contributed by atoms with E-state index in [1.165, 1.54) is 6.07 Å². The van der Waals surface area contributed by atoms with Crippen LogP contribution < -0.4 is 10.5 Å². The SMILES string of the molecule is [CH2]C(O)COc1cccc(C(N)=O)c1. The Hall–Kier alpha value is -1.55. The highest BCUT2D eigenvalue weighted by Crippen LogP contribution is 2.12. The normalized spacial score (nSPS) is 12.1. The van der Waals surface area contributed by atoms with Crippen LogP contribution in [0.1, 0.15) is 10.4 Å². The van der Waals surface area contributed by atoms with Crippen molar-refractivity contribution in [2.75, 3.05) is 6.61 Å². The van der Waals surface area contributed by atoms with Crippen molar-refractivity contribution >= 4 is 5.91 Å². The summed E-state index contributed by atoms with van der Waals surface area (Å²) >= 11 is 0. The first-order valence-corrected chi connectivity index (χ1v) is 4.13. The van der Waals surface area contributed by atoms with E-state index in [1.54, 1.807) is 18.2 Å². The predicted octanol–water partition coefficient (Wildman–Crippen LogP) is 0.359. The molecular formula is C10H12NO3. The van der Waals surface area contributed by atoms with Gasteiger partial charge in [-0.15, -0.1) is 0 Å². The van der Waals surface area contributed by atoms with Crippen LogP contribution in [0.4, 0.5) is 0 Å². The summed E-state index contributed by atoms with van der Waals surface area (Å²) in [6, 6.07) is 6.44. The Balaban J connectivity index is 2.69. The third-order valence-electron chi connectivity index (χ3n) is 1.56. The smallest absolute Gasteiger partial charge is 0.248 e. The highest BCUT2D eigenvalue weighted by atomic mass is 16.5. The molecule has 0 fully saturated rings. The minimum absolute atomic E-state index is 0.0855. The number of hydrogen-bond acceptors (Lipinski definition) is 3. The summed E-state index contributed by atoms with van der Waals surface area (Å²) in [7, 11) is 0. The highest BCUT2D eigenvalue weighted by Gasteiger charge is 2.02. The maximum absolute atomic E-state index is 10.8. The van der Waals surface area contributed by atoms with Gasteiger partial charge >= 0.3 is 0 Å². The molecule has 3 N–H and O–H groups in total. The van der Waals surface area contributed by atoms with Gasteiger partial charge in [-0.3, -0.25) is 4.79 Å². The number of benzene rings is 1. The lowest BCUT2D eigenvalue weighted by Crippen LogP contribution is -2.14. The van der Waals surface area contributed by atoms with Gasteiger partial charge in [-0.25, -0.2) is 0 Å². The molecule has 1 aromatic rings. The van der Waals surface area contributed by atoms with Crippen LogP contribution in [0.3, 0.4) is 0 Å². The molecule has 75 valence electrons. The third-order valence-corrected chi connectivity index (χ3v) is 1.56. The molecule has 0 bridgehead atoms. The van der Waals surface area contributed by atoms with Crippen LogP contribution >= 0.6 is 0 Å². The lowest BCUT2D eigenvalue weighted by molar-refractivity contribution is 0.0999. The van der Waals surface area contributed by atoms with Crippen molar-refractivity contribution in [2.24, 2.45) is 5.73 Å². The van der Waals surface area contributed by atoms with E-state index in [0.29, 0.717) is 11.3 Å². The van der Waals surface area contributed by atoms with Crippen molar-refractivity contribution in [2.45, 2.75) is 6.10 Å². The van der Waals surface area contributed by atoms with E-state index in [0.717, 1.165) is 0 Å². The second kappa shape index (κ2) is 4.62. The monoisotopic (exact) mass is 194 g/mol. The zero-order chi connectivity index (χ0) is 10.6. The molecule has 0 aliphatic heterocycles. The molecule has 1 aromatic carbocycles. The fourth-order valence-electron chi connectivity index (χ4n) is 0.932. The van der Waals surface area contributed by atoms with Crippen molar-refractivity contribution in [1.82, 2.24) is 0 Å². The van der Waals surface area contributed by atoms with Crippen LogP contribution in [0.2, 0.25) is 0 Å². The van der Waals surface area contributed by atoms with Crippen molar-refractivity contribution in [3.05, 3.63) is 36.8 Å². The molecule has 0 aliphatic rings. The topological polar surface area (TPSA) is 72.6 Å². The van der Waals surface area contributed by atoms with E-state index < -0.39 is 12.0 Å². The number of carbonyl (C=O) groups is 1. The molecule has 14 heavy (non-hydrogen) atoms. The molecule has 0 saturated heterocycles. The lowest BCUT2D eigenvalue weighted by atomic mass is 10.2. The van der Waals surface area contributed by atoms with E-state index in [4.69, 9.17) is 15.6 Å². The van der Waals surface area contributed by atoms with Gasteiger partial charge in [-0.05, 0) is 25.1 Å². The third kappa shape index (κ3) is 3.06. The number of carbonyl (C=O) groups excluding carboxylic acids is 1. The van der Waals surface area contributed by atoms with Gasteiger partial charge in [0.1, 0.15) is 12.4 Å². The molecule has 1 atom stereocenters. The van der Waals surface area contributed by atoms with Gasteiger partial charge in [0.25, 0.3) is 0 Å². The Labute approximate surface area is 82.3 Å². The van der Waals surface area contributed by atoms with E-state index in [-0.39, 0.29) is 6.61 Å². The number of primary amides is 1. The number of rotatable bonds is 4. The molecule has 0 aliphatic carbocycles. The van der Waals surface area contributed by atoms with E-state index in [1.807, 2.05) is 0 Å². The molecule has 1 rings (SSSR count). The summed E-state index contributed by atoms with van der Waals surface area (Å²) in [5, 5.41) is 8.86. The summed E-state index contributed by atoms with van der Waals surface area (Å²) in [6.07, 6.45) is -0.785. The molecule has 0 saturated carbocycles. The van der Waals surface area contributed by atoms with Gasteiger partial charge in [0, 0.05) is 5.56 Å². The Morgan fingerprint density at radius 3 is 2.93 bits per heavy atom. The highest BCUT2D eigenvalue weighted by molar-refractivity contribution is 5.93. The van der Waals surface area contributed by atoms with Crippen LogP contribution in [0.5, 0.6) is 5.75 Å². The van der Waals surface area contributed by atoms with Crippen LogP contribution in [0.15, 0.2) is 24.3 Å². The summed E-state index contributed by atoms with van der Waals surface area (Å²) < 4.78 is 5.14. The molecule has 4 heteroatoms. The summed E-state index contributed by atoms with van der Waals surface area (Å²) in [5.41, 5.74) is 5.46. The van der Waals surface area contributed by atoms with Crippen molar-refractivity contribution in [1.29, 1.82) is 0 Å². The number of aliphatic hydroxyl groups is 1. The van der Waals surface area contributed by atoms with E-state index in [2.05, 4.69) is 6.92 Å². The number of nitrogens with two attached hydrogens (primary N) is 1. The maximum Gasteiger partial charge on any atom is 0.248 e.